The van der Waals surface area contributed by atoms with Crippen molar-refractivity contribution in [2.45, 2.75) is 52.0 Å². The maximum absolute atomic E-state index is 3.47. The number of rotatable bonds is 3. The van der Waals surface area contributed by atoms with Gasteiger partial charge in [-0.05, 0) is 58.8 Å². The van der Waals surface area contributed by atoms with E-state index in [0.29, 0.717) is 5.54 Å². The number of hydrogen-bond acceptors (Lipinski definition) is 2. The SMILES string of the molecule is CCC(C)(CC)N1CCCNCCC1. The summed E-state index contributed by atoms with van der Waals surface area (Å²) in [4.78, 5) is 2.70. The van der Waals surface area contributed by atoms with Gasteiger partial charge in [0.1, 0.15) is 0 Å². The fourth-order valence-corrected chi connectivity index (χ4v) is 2.26. The predicted molar refractivity (Wildman–Crippen MR) is 62.7 cm³/mol. The van der Waals surface area contributed by atoms with Crippen molar-refractivity contribution >= 4 is 0 Å². The number of nitrogens with zero attached hydrogens (tertiary/aromatic N) is 1. The van der Waals surface area contributed by atoms with E-state index < -0.39 is 0 Å². The molecule has 1 rings (SSSR count). The van der Waals surface area contributed by atoms with E-state index in [1.54, 1.807) is 0 Å². The van der Waals surface area contributed by atoms with Crippen LogP contribution in [0, 0.1) is 0 Å². The Bertz CT molecular complexity index is 144. The first kappa shape index (κ1) is 12.0. The third-order valence-corrected chi connectivity index (χ3v) is 3.85. The van der Waals surface area contributed by atoms with Crippen molar-refractivity contribution in [1.82, 2.24) is 10.2 Å². The fraction of sp³-hybridized carbons (Fsp3) is 1.00. The second-order valence-corrected chi connectivity index (χ2v) is 4.65. The molecule has 1 aliphatic rings. The Balaban J connectivity index is 2.53. The van der Waals surface area contributed by atoms with Crippen LogP contribution in [0.2, 0.25) is 0 Å². The summed E-state index contributed by atoms with van der Waals surface area (Å²) in [5, 5.41) is 3.47. The van der Waals surface area contributed by atoms with Crippen molar-refractivity contribution in [3.8, 4) is 0 Å². The zero-order chi connectivity index (χ0) is 10.4. The van der Waals surface area contributed by atoms with E-state index in [1.165, 1.54) is 51.9 Å². The van der Waals surface area contributed by atoms with Gasteiger partial charge in [0.15, 0.2) is 0 Å². The molecule has 0 aromatic carbocycles. The van der Waals surface area contributed by atoms with Crippen LogP contribution in [-0.4, -0.2) is 36.6 Å². The second kappa shape index (κ2) is 5.72. The molecule has 0 amide bonds. The summed E-state index contributed by atoms with van der Waals surface area (Å²) >= 11 is 0. The summed E-state index contributed by atoms with van der Waals surface area (Å²) in [6.45, 7) is 12.0. The third kappa shape index (κ3) is 2.96. The molecule has 0 aromatic heterocycles. The van der Waals surface area contributed by atoms with Crippen molar-refractivity contribution in [1.29, 1.82) is 0 Å². The first-order chi connectivity index (χ1) is 6.73. The van der Waals surface area contributed by atoms with Gasteiger partial charge in [-0.2, -0.15) is 0 Å². The maximum Gasteiger partial charge on any atom is 0.0176 e. The highest BCUT2D eigenvalue weighted by Crippen LogP contribution is 2.23. The van der Waals surface area contributed by atoms with Crippen molar-refractivity contribution in [3.63, 3.8) is 0 Å². The van der Waals surface area contributed by atoms with Gasteiger partial charge in [-0.15, -0.1) is 0 Å². The molecule has 1 fully saturated rings. The lowest BCUT2D eigenvalue weighted by Crippen LogP contribution is -2.48. The molecular formula is C12H26N2. The molecule has 84 valence electrons. The topological polar surface area (TPSA) is 15.3 Å². The van der Waals surface area contributed by atoms with Crippen molar-refractivity contribution in [2.24, 2.45) is 0 Å². The van der Waals surface area contributed by atoms with Crippen molar-refractivity contribution in [2.75, 3.05) is 26.2 Å². The van der Waals surface area contributed by atoms with Crippen LogP contribution in [0.3, 0.4) is 0 Å². The Hall–Kier alpha value is -0.0800. The van der Waals surface area contributed by atoms with Crippen LogP contribution < -0.4 is 5.32 Å². The van der Waals surface area contributed by atoms with Crippen LogP contribution in [0.5, 0.6) is 0 Å². The summed E-state index contributed by atoms with van der Waals surface area (Å²) in [7, 11) is 0. The van der Waals surface area contributed by atoms with Gasteiger partial charge in [0.2, 0.25) is 0 Å². The lowest BCUT2D eigenvalue weighted by molar-refractivity contribution is 0.0870. The zero-order valence-corrected chi connectivity index (χ0v) is 10.1. The Kier molecular flexibility index (Phi) is 4.90. The molecule has 0 aliphatic carbocycles. The van der Waals surface area contributed by atoms with Gasteiger partial charge in [-0.1, -0.05) is 13.8 Å². The first-order valence-electron chi connectivity index (χ1n) is 6.18. The molecule has 1 saturated heterocycles. The summed E-state index contributed by atoms with van der Waals surface area (Å²) in [5.74, 6) is 0. The van der Waals surface area contributed by atoms with Gasteiger partial charge in [-0.3, -0.25) is 4.90 Å². The quantitative estimate of drug-likeness (QED) is 0.748. The Morgan fingerprint density at radius 2 is 1.57 bits per heavy atom. The molecule has 1 aliphatic heterocycles. The highest BCUT2D eigenvalue weighted by molar-refractivity contribution is 4.84. The van der Waals surface area contributed by atoms with Crippen LogP contribution in [0.4, 0.5) is 0 Å². The van der Waals surface area contributed by atoms with E-state index in [-0.39, 0.29) is 0 Å². The average Bonchev–Trinajstić information content (AvgIpc) is 2.16. The lowest BCUT2D eigenvalue weighted by atomic mass is 9.92. The van der Waals surface area contributed by atoms with Gasteiger partial charge in [-0.25, -0.2) is 0 Å². The molecular weight excluding hydrogens is 172 g/mol. The zero-order valence-electron chi connectivity index (χ0n) is 10.1. The Labute approximate surface area is 89.1 Å². The first-order valence-corrected chi connectivity index (χ1v) is 6.18. The van der Waals surface area contributed by atoms with Crippen molar-refractivity contribution < 1.29 is 0 Å². The fourth-order valence-electron chi connectivity index (χ4n) is 2.26. The van der Waals surface area contributed by atoms with E-state index >= 15 is 0 Å². The van der Waals surface area contributed by atoms with Gasteiger partial charge < -0.3 is 5.32 Å². The van der Waals surface area contributed by atoms with Crippen LogP contribution in [0.25, 0.3) is 0 Å². The summed E-state index contributed by atoms with van der Waals surface area (Å²) in [6, 6.07) is 0. The molecule has 2 heteroatoms. The van der Waals surface area contributed by atoms with Crippen LogP contribution in [0.15, 0.2) is 0 Å². The van der Waals surface area contributed by atoms with E-state index in [9.17, 15) is 0 Å². The molecule has 0 unspecified atom stereocenters. The normalized spacial score (nSPS) is 21.6. The van der Waals surface area contributed by atoms with Crippen LogP contribution >= 0.6 is 0 Å². The van der Waals surface area contributed by atoms with E-state index in [4.69, 9.17) is 0 Å². The molecule has 1 heterocycles. The molecule has 2 nitrogen and oxygen atoms in total. The minimum Gasteiger partial charge on any atom is -0.317 e. The Morgan fingerprint density at radius 1 is 1.07 bits per heavy atom. The maximum atomic E-state index is 3.47. The molecule has 0 bridgehead atoms. The largest absolute Gasteiger partial charge is 0.317 e. The molecule has 0 saturated carbocycles. The van der Waals surface area contributed by atoms with Gasteiger partial charge >= 0.3 is 0 Å². The smallest absolute Gasteiger partial charge is 0.0176 e. The predicted octanol–water partition coefficient (Wildman–Crippen LogP) is 2.25. The summed E-state index contributed by atoms with van der Waals surface area (Å²) < 4.78 is 0. The standard InChI is InChI=1S/C12H26N2/c1-4-12(3,5-2)14-10-6-8-13-9-7-11-14/h13H,4-11H2,1-3H3. The second-order valence-electron chi connectivity index (χ2n) is 4.65. The number of nitrogens with one attached hydrogen (secondary N) is 1. The average molecular weight is 198 g/mol. The highest BCUT2D eigenvalue weighted by atomic mass is 15.2. The van der Waals surface area contributed by atoms with Gasteiger partial charge in [0.05, 0.1) is 0 Å². The summed E-state index contributed by atoms with van der Waals surface area (Å²) in [5.41, 5.74) is 0.442. The monoisotopic (exact) mass is 198 g/mol. The Morgan fingerprint density at radius 3 is 2.00 bits per heavy atom. The van der Waals surface area contributed by atoms with Gasteiger partial charge in [0.25, 0.3) is 0 Å². The third-order valence-electron chi connectivity index (χ3n) is 3.85. The number of hydrogen-bond donors (Lipinski definition) is 1. The van der Waals surface area contributed by atoms with Crippen LogP contribution in [0.1, 0.15) is 46.5 Å². The van der Waals surface area contributed by atoms with Crippen LogP contribution in [-0.2, 0) is 0 Å². The van der Waals surface area contributed by atoms with E-state index in [2.05, 4.69) is 31.0 Å². The molecule has 0 radical (unpaired) electrons. The minimum absolute atomic E-state index is 0.442. The molecule has 0 spiro atoms. The molecule has 14 heavy (non-hydrogen) atoms. The minimum atomic E-state index is 0.442. The highest BCUT2D eigenvalue weighted by Gasteiger charge is 2.27. The van der Waals surface area contributed by atoms with E-state index in [0.717, 1.165) is 0 Å². The lowest BCUT2D eigenvalue weighted by Gasteiger charge is -2.41. The van der Waals surface area contributed by atoms with Crippen molar-refractivity contribution in [3.05, 3.63) is 0 Å². The molecule has 0 aromatic rings. The molecule has 0 atom stereocenters. The van der Waals surface area contributed by atoms with E-state index in [1.807, 2.05) is 0 Å². The summed E-state index contributed by atoms with van der Waals surface area (Å²) in [6.07, 6.45) is 5.15. The molecule has 1 N–H and O–H groups in total. The van der Waals surface area contributed by atoms with Gasteiger partial charge in [0, 0.05) is 5.54 Å².